The molecule has 0 spiro atoms. The Labute approximate surface area is 157 Å². The zero-order chi connectivity index (χ0) is 18.0. The summed E-state index contributed by atoms with van der Waals surface area (Å²) in [7, 11) is 1.57. The van der Waals surface area contributed by atoms with Crippen molar-refractivity contribution in [1.82, 2.24) is 5.32 Å². The van der Waals surface area contributed by atoms with Gasteiger partial charge in [0.1, 0.15) is 16.4 Å². The first-order valence-electron chi connectivity index (χ1n) is 7.12. The topological polar surface area (TPSA) is 50.4 Å². The molecule has 25 heavy (non-hydrogen) atoms. The molecule has 2 N–H and O–H groups in total. The minimum atomic E-state index is -0.431. The molecule has 4 nitrogen and oxygen atoms in total. The molecule has 0 bridgehead atoms. The number of thiocarbonyl (C=S) groups is 1. The number of carbonyl (C=O) groups excluding carboxylic acids is 1. The van der Waals surface area contributed by atoms with Gasteiger partial charge in [0.2, 0.25) is 0 Å². The summed E-state index contributed by atoms with van der Waals surface area (Å²) >= 11 is 12.6. The molecule has 0 saturated heterocycles. The van der Waals surface area contributed by atoms with Crippen LogP contribution in [-0.4, -0.2) is 18.1 Å². The molecule has 0 aliphatic rings. The number of ether oxygens (including phenoxy) is 1. The zero-order valence-corrected chi connectivity index (χ0v) is 15.3. The average Bonchev–Trinajstić information content (AvgIpc) is 2.91. The van der Waals surface area contributed by atoms with Gasteiger partial charge in [0.25, 0.3) is 5.91 Å². The van der Waals surface area contributed by atoms with Crippen molar-refractivity contribution in [3.05, 3.63) is 58.2 Å². The third kappa shape index (κ3) is 3.89. The van der Waals surface area contributed by atoms with Crippen LogP contribution in [0.1, 0.15) is 9.67 Å². The number of carbonyl (C=O) groups is 1. The summed E-state index contributed by atoms with van der Waals surface area (Å²) in [5, 5.41) is 6.48. The Bertz CT molecular complexity index is 974. The third-order valence-corrected chi connectivity index (χ3v) is 5.21. The molecule has 1 aromatic heterocycles. The highest BCUT2D eigenvalue weighted by molar-refractivity contribution is 7.80. The fourth-order valence-electron chi connectivity index (χ4n) is 2.21. The number of hydrogen-bond acceptors (Lipinski definition) is 4. The lowest BCUT2D eigenvalue weighted by Gasteiger charge is -2.09. The monoisotopic (exact) mass is 394 g/mol. The summed E-state index contributed by atoms with van der Waals surface area (Å²) in [6, 6.07) is 11.2. The van der Waals surface area contributed by atoms with Gasteiger partial charge in [0.15, 0.2) is 5.11 Å². The van der Waals surface area contributed by atoms with E-state index in [1.807, 2.05) is 6.07 Å². The second kappa shape index (κ2) is 7.35. The first-order chi connectivity index (χ1) is 12.0. The van der Waals surface area contributed by atoms with E-state index in [9.17, 15) is 9.18 Å². The molecule has 0 saturated carbocycles. The maximum Gasteiger partial charge on any atom is 0.269 e. The summed E-state index contributed by atoms with van der Waals surface area (Å²) in [4.78, 5) is 12.8. The Morgan fingerprint density at radius 3 is 2.80 bits per heavy atom. The van der Waals surface area contributed by atoms with Gasteiger partial charge in [0, 0.05) is 15.8 Å². The van der Waals surface area contributed by atoms with Gasteiger partial charge < -0.3 is 10.1 Å². The number of halogens is 2. The molecule has 0 aliphatic heterocycles. The molecular formula is C17H12ClFN2O2S2. The van der Waals surface area contributed by atoms with Gasteiger partial charge in [-0.1, -0.05) is 17.7 Å². The normalized spacial score (nSPS) is 10.5. The molecule has 0 radical (unpaired) electrons. The quantitative estimate of drug-likeness (QED) is 0.625. The number of amides is 1. The second-order valence-corrected chi connectivity index (χ2v) is 6.86. The molecule has 0 aliphatic carbocycles. The predicted octanol–water partition coefficient (Wildman–Crippen LogP) is 4.83. The highest BCUT2D eigenvalue weighted by Gasteiger charge is 2.18. The van der Waals surface area contributed by atoms with E-state index in [4.69, 9.17) is 28.6 Å². The van der Waals surface area contributed by atoms with E-state index in [2.05, 4.69) is 10.6 Å². The Hall–Kier alpha value is -2.22. The van der Waals surface area contributed by atoms with E-state index >= 15 is 0 Å². The molecule has 0 unspecified atom stereocenters. The molecule has 8 heteroatoms. The molecule has 2 aromatic carbocycles. The molecular weight excluding hydrogens is 383 g/mol. The van der Waals surface area contributed by atoms with Crippen molar-refractivity contribution in [3.8, 4) is 5.75 Å². The second-order valence-electron chi connectivity index (χ2n) is 5.03. The van der Waals surface area contributed by atoms with Crippen molar-refractivity contribution in [2.75, 3.05) is 12.4 Å². The molecule has 0 atom stereocenters. The molecule has 3 rings (SSSR count). The van der Waals surface area contributed by atoms with Gasteiger partial charge in [-0.3, -0.25) is 10.1 Å². The van der Waals surface area contributed by atoms with Crippen molar-refractivity contribution < 1.29 is 13.9 Å². The van der Waals surface area contributed by atoms with Crippen molar-refractivity contribution in [3.63, 3.8) is 0 Å². The Kier molecular flexibility index (Phi) is 5.17. The number of rotatable bonds is 3. The first-order valence-corrected chi connectivity index (χ1v) is 8.72. The summed E-state index contributed by atoms with van der Waals surface area (Å²) < 4.78 is 19.2. The standard InChI is InChI=1S/C17H12ClFN2O2S2/c1-23-11-5-6-12-13(8-11)25-15(14(12)18)16(22)21-17(24)20-10-4-2-3-9(19)7-10/h2-8H,1H3,(H2,20,21,22,24). The van der Waals surface area contributed by atoms with E-state index in [1.54, 1.807) is 31.4 Å². The number of methoxy groups -OCH3 is 1. The van der Waals surface area contributed by atoms with Crippen LogP contribution in [-0.2, 0) is 0 Å². The summed E-state index contributed by atoms with van der Waals surface area (Å²) in [5.74, 6) is -0.152. The summed E-state index contributed by atoms with van der Waals surface area (Å²) in [5.41, 5.74) is 0.442. The fraction of sp³-hybridized carbons (Fsp3) is 0.0588. The number of thiophene rings is 1. The molecule has 1 heterocycles. The minimum Gasteiger partial charge on any atom is -0.497 e. The fourth-order valence-corrected chi connectivity index (χ4v) is 3.86. The number of fused-ring (bicyclic) bond motifs is 1. The maximum absolute atomic E-state index is 13.2. The molecule has 128 valence electrons. The number of anilines is 1. The van der Waals surface area contributed by atoms with Crippen molar-refractivity contribution in [1.29, 1.82) is 0 Å². The third-order valence-electron chi connectivity index (χ3n) is 3.35. The van der Waals surface area contributed by atoms with Crippen LogP contribution in [0.3, 0.4) is 0 Å². The van der Waals surface area contributed by atoms with Gasteiger partial charge in [-0.2, -0.15) is 0 Å². The molecule has 0 fully saturated rings. The smallest absolute Gasteiger partial charge is 0.269 e. The van der Waals surface area contributed by atoms with E-state index < -0.39 is 11.7 Å². The largest absolute Gasteiger partial charge is 0.497 e. The van der Waals surface area contributed by atoms with Crippen molar-refractivity contribution in [2.45, 2.75) is 0 Å². The lowest BCUT2D eigenvalue weighted by molar-refractivity contribution is 0.0982. The predicted molar refractivity (Wildman–Crippen MR) is 103 cm³/mol. The number of hydrogen-bond donors (Lipinski definition) is 2. The van der Waals surface area contributed by atoms with E-state index in [0.717, 1.165) is 10.1 Å². The van der Waals surface area contributed by atoms with Gasteiger partial charge in [-0.05, 0) is 48.6 Å². The first kappa shape index (κ1) is 17.6. The van der Waals surface area contributed by atoms with Gasteiger partial charge in [-0.25, -0.2) is 4.39 Å². The van der Waals surface area contributed by atoms with Gasteiger partial charge in [0.05, 0.1) is 12.1 Å². The SMILES string of the molecule is COc1ccc2c(Cl)c(C(=O)NC(=S)Nc3cccc(F)c3)sc2c1. The Morgan fingerprint density at radius 1 is 1.28 bits per heavy atom. The van der Waals surface area contributed by atoms with Crippen LogP contribution in [0.5, 0.6) is 5.75 Å². The van der Waals surface area contributed by atoms with Crippen LogP contribution in [0.25, 0.3) is 10.1 Å². The highest BCUT2D eigenvalue weighted by atomic mass is 35.5. The van der Waals surface area contributed by atoms with Crippen LogP contribution in [0, 0.1) is 5.82 Å². The lowest BCUT2D eigenvalue weighted by Crippen LogP contribution is -2.33. The van der Waals surface area contributed by atoms with E-state index in [0.29, 0.717) is 21.3 Å². The maximum atomic E-state index is 13.2. The lowest BCUT2D eigenvalue weighted by atomic mass is 10.2. The van der Waals surface area contributed by atoms with Crippen LogP contribution in [0.4, 0.5) is 10.1 Å². The van der Waals surface area contributed by atoms with Crippen LogP contribution < -0.4 is 15.4 Å². The number of nitrogens with one attached hydrogen (secondary N) is 2. The summed E-state index contributed by atoms with van der Waals surface area (Å²) in [6.07, 6.45) is 0. The minimum absolute atomic E-state index is 0.0571. The average molecular weight is 395 g/mol. The van der Waals surface area contributed by atoms with Gasteiger partial charge >= 0.3 is 0 Å². The molecule has 1 amide bonds. The van der Waals surface area contributed by atoms with E-state index in [1.165, 1.54) is 23.5 Å². The van der Waals surface area contributed by atoms with Crippen LogP contribution in [0.2, 0.25) is 5.02 Å². The highest BCUT2D eigenvalue weighted by Crippen LogP contribution is 2.37. The Balaban J connectivity index is 1.77. The van der Waals surface area contributed by atoms with Crippen LogP contribution in [0.15, 0.2) is 42.5 Å². The number of benzene rings is 2. The van der Waals surface area contributed by atoms with Crippen molar-refractivity contribution in [2.24, 2.45) is 0 Å². The zero-order valence-electron chi connectivity index (χ0n) is 12.9. The van der Waals surface area contributed by atoms with E-state index in [-0.39, 0.29) is 5.11 Å². The van der Waals surface area contributed by atoms with Crippen LogP contribution >= 0.6 is 35.2 Å². The Morgan fingerprint density at radius 2 is 2.08 bits per heavy atom. The van der Waals surface area contributed by atoms with Crippen molar-refractivity contribution >= 4 is 61.9 Å². The van der Waals surface area contributed by atoms with Gasteiger partial charge in [-0.15, -0.1) is 11.3 Å². The summed E-state index contributed by atoms with van der Waals surface area (Å²) in [6.45, 7) is 0. The molecule has 3 aromatic rings.